The number of rotatable bonds is 1. The normalized spacial score (nSPS) is 11.0. The van der Waals surface area contributed by atoms with Gasteiger partial charge in [0.1, 0.15) is 0 Å². The molecular formula is C12H15N. The van der Waals surface area contributed by atoms with Gasteiger partial charge in [-0.25, -0.2) is 0 Å². The van der Waals surface area contributed by atoms with Crippen molar-refractivity contribution in [1.29, 1.82) is 0 Å². The van der Waals surface area contributed by atoms with Crippen LogP contribution in [-0.2, 0) is 13.5 Å². The Labute approximate surface area is 79.0 Å². The molecule has 0 N–H and O–H groups in total. The number of nitrogens with zero attached hydrogens (tertiary/aromatic N) is 1. The zero-order valence-electron chi connectivity index (χ0n) is 8.46. The van der Waals surface area contributed by atoms with Crippen LogP contribution in [-0.4, -0.2) is 4.57 Å². The first-order valence-electron chi connectivity index (χ1n) is 4.77. The van der Waals surface area contributed by atoms with Crippen LogP contribution >= 0.6 is 0 Å². The van der Waals surface area contributed by atoms with Gasteiger partial charge in [0.25, 0.3) is 0 Å². The minimum absolute atomic E-state index is 1.11. The fourth-order valence-corrected chi connectivity index (χ4v) is 1.98. The lowest BCUT2D eigenvalue weighted by molar-refractivity contribution is 0.954. The van der Waals surface area contributed by atoms with E-state index in [9.17, 15) is 0 Å². The summed E-state index contributed by atoms with van der Waals surface area (Å²) in [6.45, 7) is 4.37. The number of fused-ring (bicyclic) bond motifs is 1. The summed E-state index contributed by atoms with van der Waals surface area (Å²) in [6, 6.07) is 6.71. The maximum atomic E-state index is 2.28. The molecule has 1 nitrogen and oxygen atoms in total. The summed E-state index contributed by atoms with van der Waals surface area (Å²) in [7, 11) is 2.11. The highest BCUT2D eigenvalue weighted by molar-refractivity contribution is 5.84. The van der Waals surface area contributed by atoms with Crippen LogP contribution in [0.5, 0.6) is 0 Å². The molecule has 0 fully saturated rings. The third kappa shape index (κ3) is 1.24. The standard InChI is InChI=1S/C12H15N/c1-4-10-7-9(2)8-11-5-6-13(3)12(10)11/h5-8H,4H2,1-3H3. The predicted molar refractivity (Wildman–Crippen MR) is 57.0 cm³/mol. The van der Waals surface area contributed by atoms with Gasteiger partial charge in [-0.05, 0) is 31.0 Å². The van der Waals surface area contributed by atoms with Gasteiger partial charge in [-0.2, -0.15) is 0 Å². The molecule has 0 aliphatic rings. The van der Waals surface area contributed by atoms with E-state index < -0.39 is 0 Å². The quantitative estimate of drug-likeness (QED) is 0.624. The van der Waals surface area contributed by atoms with Gasteiger partial charge >= 0.3 is 0 Å². The van der Waals surface area contributed by atoms with Crippen LogP contribution in [0.2, 0.25) is 0 Å². The number of aryl methyl sites for hydroxylation is 3. The highest BCUT2D eigenvalue weighted by Gasteiger charge is 2.03. The molecule has 2 rings (SSSR count). The second-order valence-electron chi connectivity index (χ2n) is 3.64. The predicted octanol–water partition coefficient (Wildman–Crippen LogP) is 3.05. The van der Waals surface area contributed by atoms with Gasteiger partial charge in [-0.3, -0.25) is 0 Å². The number of aromatic nitrogens is 1. The van der Waals surface area contributed by atoms with Crippen molar-refractivity contribution in [2.24, 2.45) is 7.05 Å². The lowest BCUT2D eigenvalue weighted by atomic mass is 10.1. The molecule has 1 aromatic heterocycles. The largest absolute Gasteiger partial charge is 0.350 e. The second kappa shape index (κ2) is 2.91. The van der Waals surface area contributed by atoms with E-state index in [1.165, 1.54) is 22.0 Å². The average Bonchev–Trinajstić information content (AvgIpc) is 2.46. The topological polar surface area (TPSA) is 4.93 Å². The smallest absolute Gasteiger partial charge is 0.0510 e. The molecule has 1 aromatic carbocycles. The molecule has 2 aromatic rings. The summed E-state index contributed by atoms with van der Waals surface area (Å²) in [5.74, 6) is 0. The summed E-state index contributed by atoms with van der Waals surface area (Å²) in [5.41, 5.74) is 4.19. The van der Waals surface area contributed by atoms with Crippen LogP contribution in [0.4, 0.5) is 0 Å². The van der Waals surface area contributed by atoms with Crippen LogP contribution in [0.3, 0.4) is 0 Å². The van der Waals surface area contributed by atoms with Gasteiger partial charge in [0.2, 0.25) is 0 Å². The van der Waals surface area contributed by atoms with E-state index in [-0.39, 0.29) is 0 Å². The molecule has 0 unspecified atom stereocenters. The molecule has 0 saturated heterocycles. The summed E-state index contributed by atoms with van der Waals surface area (Å²) in [5, 5.41) is 1.36. The molecular weight excluding hydrogens is 158 g/mol. The maximum Gasteiger partial charge on any atom is 0.0510 e. The molecule has 0 amide bonds. The van der Waals surface area contributed by atoms with E-state index in [1.807, 2.05) is 0 Å². The van der Waals surface area contributed by atoms with Gasteiger partial charge in [-0.15, -0.1) is 0 Å². The first kappa shape index (κ1) is 8.36. The third-order valence-electron chi connectivity index (χ3n) is 2.57. The zero-order chi connectivity index (χ0) is 9.42. The van der Waals surface area contributed by atoms with Gasteiger partial charge in [0, 0.05) is 18.6 Å². The Morgan fingerprint density at radius 1 is 1.31 bits per heavy atom. The Hall–Kier alpha value is -1.24. The molecule has 0 aliphatic carbocycles. The van der Waals surface area contributed by atoms with E-state index >= 15 is 0 Å². The lowest BCUT2D eigenvalue weighted by Crippen LogP contribution is -1.91. The van der Waals surface area contributed by atoms with Crippen LogP contribution in [0.25, 0.3) is 10.9 Å². The molecule has 0 bridgehead atoms. The molecule has 0 spiro atoms. The lowest BCUT2D eigenvalue weighted by Gasteiger charge is -2.05. The van der Waals surface area contributed by atoms with E-state index in [0.29, 0.717) is 0 Å². The minimum atomic E-state index is 1.11. The van der Waals surface area contributed by atoms with Crippen molar-refractivity contribution in [1.82, 2.24) is 4.57 Å². The zero-order valence-corrected chi connectivity index (χ0v) is 8.46. The Bertz CT molecular complexity index is 438. The minimum Gasteiger partial charge on any atom is -0.350 e. The molecule has 0 aliphatic heterocycles. The van der Waals surface area contributed by atoms with Crippen molar-refractivity contribution < 1.29 is 0 Å². The van der Waals surface area contributed by atoms with E-state index in [2.05, 4.69) is 49.9 Å². The van der Waals surface area contributed by atoms with E-state index in [1.54, 1.807) is 0 Å². The van der Waals surface area contributed by atoms with Crippen molar-refractivity contribution in [3.05, 3.63) is 35.5 Å². The van der Waals surface area contributed by atoms with Crippen LogP contribution in [0, 0.1) is 6.92 Å². The van der Waals surface area contributed by atoms with E-state index in [0.717, 1.165) is 6.42 Å². The van der Waals surface area contributed by atoms with Gasteiger partial charge in [0.05, 0.1) is 5.52 Å². The Morgan fingerprint density at radius 2 is 2.08 bits per heavy atom. The fraction of sp³-hybridized carbons (Fsp3) is 0.333. The van der Waals surface area contributed by atoms with Crippen molar-refractivity contribution >= 4 is 10.9 Å². The third-order valence-corrected chi connectivity index (χ3v) is 2.57. The molecule has 0 atom stereocenters. The van der Waals surface area contributed by atoms with E-state index in [4.69, 9.17) is 0 Å². The Kier molecular flexibility index (Phi) is 1.87. The van der Waals surface area contributed by atoms with Crippen LogP contribution in [0.15, 0.2) is 24.4 Å². The molecule has 1 heteroatoms. The van der Waals surface area contributed by atoms with Gasteiger partial charge < -0.3 is 4.57 Å². The number of hydrogen-bond acceptors (Lipinski definition) is 0. The van der Waals surface area contributed by atoms with Crippen molar-refractivity contribution in [2.75, 3.05) is 0 Å². The highest BCUT2D eigenvalue weighted by Crippen LogP contribution is 2.21. The summed E-state index contributed by atoms with van der Waals surface area (Å²) < 4.78 is 2.20. The van der Waals surface area contributed by atoms with Gasteiger partial charge in [-0.1, -0.05) is 18.6 Å². The van der Waals surface area contributed by atoms with Crippen molar-refractivity contribution in [2.45, 2.75) is 20.3 Å². The fourth-order valence-electron chi connectivity index (χ4n) is 1.98. The molecule has 1 heterocycles. The summed E-state index contributed by atoms with van der Waals surface area (Å²) >= 11 is 0. The molecule has 0 saturated carbocycles. The van der Waals surface area contributed by atoms with Crippen molar-refractivity contribution in [3.8, 4) is 0 Å². The van der Waals surface area contributed by atoms with Gasteiger partial charge in [0.15, 0.2) is 0 Å². The first-order chi connectivity index (χ1) is 6.22. The maximum absolute atomic E-state index is 2.28. The Balaban J connectivity index is 2.85. The molecule has 68 valence electrons. The number of benzene rings is 1. The molecule has 13 heavy (non-hydrogen) atoms. The monoisotopic (exact) mass is 173 g/mol. The second-order valence-corrected chi connectivity index (χ2v) is 3.64. The SMILES string of the molecule is CCc1cc(C)cc2ccn(C)c12. The van der Waals surface area contributed by atoms with Crippen LogP contribution in [0.1, 0.15) is 18.1 Å². The average molecular weight is 173 g/mol. The summed E-state index contributed by atoms with van der Waals surface area (Å²) in [4.78, 5) is 0. The first-order valence-corrected chi connectivity index (χ1v) is 4.77. The molecule has 0 radical (unpaired) electrons. The summed E-state index contributed by atoms with van der Waals surface area (Å²) in [6.07, 6.45) is 3.24. The number of hydrogen-bond donors (Lipinski definition) is 0. The Morgan fingerprint density at radius 3 is 2.77 bits per heavy atom. The van der Waals surface area contributed by atoms with Crippen LogP contribution < -0.4 is 0 Å². The van der Waals surface area contributed by atoms with Crippen molar-refractivity contribution in [3.63, 3.8) is 0 Å². The highest BCUT2D eigenvalue weighted by atomic mass is 14.9.